The molecular weight excluding hydrogens is 356 g/mol. The van der Waals surface area contributed by atoms with Crippen LogP contribution >= 0.6 is 0 Å². The van der Waals surface area contributed by atoms with Crippen LogP contribution in [0.4, 0.5) is 22.7 Å². The van der Waals surface area contributed by atoms with Gasteiger partial charge in [-0.3, -0.25) is 20.2 Å². The average molecular weight is 368 g/mol. The number of nitro benzene ring substituents is 2. The van der Waals surface area contributed by atoms with Crippen LogP contribution in [0.2, 0.25) is 0 Å². The number of azo groups is 1. The van der Waals surface area contributed by atoms with E-state index in [0.29, 0.717) is 11.5 Å². The summed E-state index contributed by atoms with van der Waals surface area (Å²) in [6.45, 7) is 1.80. The molecule has 136 valence electrons. The Balaban J connectivity index is 2.19. The highest BCUT2D eigenvalue weighted by atomic mass is 16.6. The third kappa shape index (κ3) is 3.23. The summed E-state index contributed by atoms with van der Waals surface area (Å²) >= 11 is 0. The van der Waals surface area contributed by atoms with E-state index in [1.165, 1.54) is 6.07 Å². The summed E-state index contributed by atoms with van der Waals surface area (Å²) in [5, 5.41) is 51.1. The molecule has 3 aromatic carbocycles. The molecule has 0 fully saturated rings. The minimum atomic E-state index is -0.958. The molecule has 0 saturated carbocycles. The van der Waals surface area contributed by atoms with Gasteiger partial charge < -0.3 is 10.2 Å². The predicted octanol–water partition coefficient (Wildman–Crippen LogP) is 4.79. The zero-order valence-electron chi connectivity index (χ0n) is 13.9. The van der Waals surface area contributed by atoms with E-state index in [2.05, 4.69) is 10.2 Å². The fraction of sp³-hybridized carbons (Fsp3) is 0.0588. The molecule has 10 nitrogen and oxygen atoms in total. The number of nitrogens with zero attached hydrogens (tertiary/aromatic N) is 4. The van der Waals surface area contributed by atoms with Crippen LogP contribution in [0.3, 0.4) is 0 Å². The predicted molar refractivity (Wildman–Crippen MR) is 95.9 cm³/mol. The molecule has 0 amide bonds. The second-order valence-electron chi connectivity index (χ2n) is 5.65. The van der Waals surface area contributed by atoms with E-state index in [4.69, 9.17) is 0 Å². The number of aryl methyl sites for hydroxylation is 1. The fourth-order valence-corrected chi connectivity index (χ4v) is 2.64. The lowest BCUT2D eigenvalue weighted by atomic mass is 10.0. The van der Waals surface area contributed by atoms with E-state index in [-0.39, 0.29) is 11.4 Å². The maximum absolute atomic E-state index is 11.0. The van der Waals surface area contributed by atoms with Crippen LogP contribution in [0, 0.1) is 27.2 Å². The summed E-state index contributed by atoms with van der Waals surface area (Å²) in [4.78, 5) is 20.2. The zero-order valence-corrected chi connectivity index (χ0v) is 13.9. The lowest BCUT2D eigenvalue weighted by Crippen LogP contribution is -1.93. The minimum Gasteiger partial charge on any atom is -0.506 e. The Kier molecular flexibility index (Phi) is 4.38. The highest BCUT2D eigenvalue weighted by molar-refractivity contribution is 5.97. The van der Waals surface area contributed by atoms with Gasteiger partial charge in [-0.15, -0.1) is 10.2 Å². The first-order chi connectivity index (χ1) is 12.8. The van der Waals surface area contributed by atoms with Gasteiger partial charge in [0.25, 0.3) is 5.69 Å². The van der Waals surface area contributed by atoms with E-state index >= 15 is 0 Å². The normalized spacial score (nSPS) is 11.1. The second-order valence-corrected chi connectivity index (χ2v) is 5.65. The molecule has 0 bridgehead atoms. The zero-order chi connectivity index (χ0) is 19.7. The molecule has 0 aliphatic carbocycles. The molecule has 0 radical (unpaired) electrons. The van der Waals surface area contributed by atoms with Gasteiger partial charge in [-0.1, -0.05) is 24.3 Å². The standard InChI is InChI=1S/C17H12N4O6/c1-9-6-15(22)16(12-5-3-2-4-11(9)12)19-18-13-7-10(20(24)25)8-14(17(13)23)21(26)27/h2-8,22-23H,1H3. The number of benzene rings is 3. The van der Waals surface area contributed by atoms with Crippen molar-refractivity contribution >= 4 is 33.5 Å². The fourth-order valence-electron chi connectivity index (χ4n) is 2.64. The van der Waals surface area contributed by atoms with E-state index in [0.717, 1.165) is 17.0 Å². The molecule has 0 atom stereocenters. The summed E-state index contributed by atoms with van der Waals surface area (Å²) < 4.78 is 0. The molecule has 0 aliphatic rings. The topological polar surface area (TPSA) is 151 Å². The van der Waals surface area contributed by atoms with Crippen molar-refractivity contribution in [2.24, 2.45) is 10.2 Å². The Labute approximate surface area is 151 Å². The molecule has 3 rings (SSSR count). The summed E-state index contributed by atoms with van der Waals surface area (Å²) in [6, 6.07) is 10.0. The van der Waals surface area contributed by atoms with Gasteiger partial charge in [-0.25, -0.2) is 0 Å². The van der Waals surface area contributed by atoms with Gasteiger partial charge in [0.15, 0.2) is 0 Å². The average Bonchev–Trinajstić information content (AvgIpc) is 2.62. The highest BCUT2D eigenvalue weighted by Crippen LogP contribution is 2.42. The summed E-state index contributed by atoms with van der Waals surface area (Å²) in [5.74, 6) is -1.04. The maximum atomic E-state index is 11.0. The SMILES string of the molecule is Cc1cc(O)c(N=Nc2cc([N+](=O)[O-])cc([N+](=O)[O-])c2O)c2ccccc12. The molecule has 3 aromatic rings. The van der Waals surface area contributed by atoms with Crippen molar-refractivity contribution in [1.29, 1.82) is 0 Å². The van der Waals surface area contributed by atoms with E-state index < -0.39 is 32.7 Å². The molecular formula is C17H12N4O6. The van der Waals surface area contributed by atoms with Gasteiger partial charge in [0.1, 0.15) is 17.1 Å². The van der Waals surface area contributed by atoms with Crippen molar-refractivity contribution < 1.29 is 20.1 Å². The van der Waals surface area contributed by atoms with Gasteiger partial charge >= 0.3 is 5.69 Å². The van der Waals surface area contributed by atoms with Crippen LogP contribution in [-0.4, -0.2) is 20.1 Å². The van der Waals surface area contributed by atoms with E-state index in [1.807, 2.05) is 12.1 Å². The number of phenolic OH excluding ortho intramolecular Hbond substituents is 2. The Morgan fingerprint density at radius 3 is 2.22 bits per heavy atom. The molecule has 0 aromatic heterocycles. The van der Waals surface area contributed by atoms with Crippen molar-refractivity contribution in [3.63, 3.8) is 0 Å². The summed E-state index contributed by atoms with van der Waals surface area (Å²) in [6.07, 6.45) is 0. The lowest BCUT2D eigenvalue weighted by molar-refractivity contribution is -0.394. The Hall–Kier alpha value is -4.08. The first kappa shape index (κ1) is 17.7. The second kappa shape index (κ2) is 6.67. The molecule has 0 spiro atoms. The van der Waals surface area contributed by atoms with Crippen LogP contribution < -0.4 is 0 Å². The van der Waals surface area contributed by atoms with Crippen molar-refractivity contribution in [2.75, 3.05) is 0 Å². The number of fused-ring (bicyclic) bond motifs is 1. The molecule has 0 saturated heterocycles. The van der Waals surface area contributed by atoms with Gasteiger partial charge in [0.2, 0.25) is 5.75 Å². The van der Waals surface area contributed by atoms with Crippen molar-refractivity contribution in [3.05, 3.63) is 68.3 Å². The van der Waals surface area contributed by atoms with Crippen molar-refractivity contribution in [3.8, 4) is 11.5 Å². The number of nitro groups is 2. The van der Waals surface area contributed by atoms with Crippen molar-refractivity contribution in [1.82, 2.24) is 0 Å². The van der Waals surface area contributed by atoms with Crippen LogP contribution in [0.15, 0.2) is 52.7 Å². The van der Waals surface area contributed by atoms with Crippen LogP contribution in [0.5, 0.6) is 11.5 Å². The Morgan fingerprint density at radius 2 is 1.59 bits per heavy atom. The number of phenols is 2. The van der Waals surface area contributed by atoms with E-state index in [9.17, 15) is 30.4 Å². The molecule has 0 aliphatic heterocycles. The van der Waals surface area contributed by atoms with Gasteiger partial charge in [-0.05, 0) is 23.9 Å². The largest absolute Gasteiger partial charge is 0.506 e. The van der Waals surface area contributed by atoms with Crippen LogP contribution in [0.25, 0.3) is 10.8 Å². The highest BCUT2D eigenvalue weighted by Gasteiger charge is 2.24. The number of rotatable bonds is 4. The lowest BCUT2D eigenvalue weighted by Gasteiger charge is -2.07. The maximum Gasteiger partial charge on any atom is 0.319 e. The number of hydrogen-bond acceptors (Lipinski definition) is 8. The molecule has 27 heavy (non-hydrogen) atoms. The van der Waals surface area contributed by atoms with Gasteiger partial charge in [0, 0.05) is 11.5 Å². The number of aromatic hydroxyl groups is 2. The molecule has 0 unspecified atom stereocenters. The van der Waals surface area contributed by atoms with Gasteiger partial charge in [-0.2, -0.15) is 0 Å². The Morgan fingerprint density at radius 1 is 0.926 bits per heavy atom. The van der Waals surface area contributed by atoms with E-state index in [1.54, 1.807) is 19.1 Å². The quantitative estimate of drug-likeness (QED) is 0.383. The van der Waals surface area contributed by atoms with Gasteiger partial charge in [0.05, 0.1) is 15.9 Å². The summed E-state index contributed by atoms with van der Waals surface area (Å²) in [5.41, 5.74) is -1.07. The van der Waals surface area contributed by atoms with Crippen LogP contribution in [0.1, 0.15) is 5.56 Å². The molecule has 0 heterocycles. The molecule has 10 heteroatoms. The van der Waals surface area contributed by atoms with Crippen LogP contribution in [-0.2, 0) is 0 Å². The number of hydrogen-bond donors (Lipinski definition) is 2. The monoisotopic (exact) mass is 368 g/mol. The number of non-ortho nitro benzene ring substituents is 1. The third-order valence-electron chi connectivity index (χ3n) is 3.92. The first-order valence-corrected chi connectivity index (χ1v) is 7.58. The third-order valence-corrected chi connectivity index (χ3v) is 3.92. The smallest absolute Gasteiger partial charge is 0.319 e. The summed E-state index contributed by atoms with van der Waals surface area (Å²) in [7, 11) is 0. The first-order valence-electron chi connectivity index (χ1n) is 7.58. The molecule has 2 N–H and O–H groups in total. The minimum absolute atomic E-state index is 0.0739. The van der Waals surface area contributed by atoms with Crippen molar-refractivity contribution in [2.45, 2.75) is 6.92 Å². The Bertz CT molecular complexity index is 1130.